The highest BCUT2D eigenvalue weighted by molar-refractivity contribution is 7.89. The first kappa shape index (κ1) is 22.0. The average molecular weight is 508 g/mol. The lowest BCUT2D eigenvalue weighted by Gasteiger charge is -2.28. The standard InChI is InChI=1S/C25H21N3O5S2/c29-24(27-25-26-20-13-21-22(14-23(20)34-25)33-12-11-32-21)17-5-7-19(8-6-17)35(30,31)28-10-9-16-3-1-2-4-18(16)15-28/h1-8,13-14H,9-12,15H2,(H,26,27,29). The van der Waals surface area contributed by atoms with Crippen molar-refractivity contribution in [2.45, 2.75) is 17.9 Å². The smallest absolute Gasteiger partial charge is 0.257 e. The highest BCUT2D eigenvalue weighted by atomic mass is 32.2. The van der Waals surface area contributed by atoms with Crippen molar-refractivity contribution in [1.29, 1.82) is 0 Å². The zero-order valence-corrected chi connectivity index (χ0v) is 20.2. The molecule has 0 saturated carbocycles. The van der Waals surface area contributed by atoms with Crippen molar-refractivity contribution in [1.82, 2.24) is 9.29 Å². The topological polar surface area (TPSA) is 97.8 Å². The van der Waals surface area contributed by atoms with Crippen LogP contribution in [0.25, 0.3) is 10.2 Å². The molecule has 3 aromatic carbocycles. The first-order chi connectivity index (χ1) is 17.0. The summed E-state index contributed by atoms with van der Waals surface area (Å²) < 4.78 is 39.9. The summed E-state index contributed by atoms with van der Waals surface area (Å²) in [6.45, 7) is 1.76. The molecule has 2 aliphatic heterocycles. The van der Waals surface area contributed by atoms with Gasteiger partial charge in [-0.25, -0.2) is 13.4 Å². The number of fused-ring (bicyclic) bond motifs is 3. The monoisotopic (exact) mass is 507 g/mol. The SMILES string of the molecule is O=C(Nc1nc2cc3c(cc2s1)OCCO3)c1ccc(S(=O)(=O)N2CCc3ccccc3C2)cc1. The summed E-state index contributed by atoms with van der Waals surface area (Å²) >= 11 is 1.33. The van der Waals surface area contributed by atoms with Crippen LogP contribution in [-0.4, -0.2) is 43.4 Å². The molecule has 1 amide bonds. The number of thiazole rings is 1. The second-order valence-electron chi connectivity index (χ2n) is 8.32. The van der Waals surface area contributed by atoms with E-state index in [1.54, 1.807) is 6.07 Å². The summed E-state index contributed by atoms with van der Waals surface area (Å²) in [4.78, 5) is 17.4. The number of hydrogen-bond donors (Lipinski definition) is 1. The molecular weight excluding hydrogens is 486 g/mol. The third kappa shape index (κ3) is 4.13. The number of nitrogens with zero attached hydrogens (tertiary/aromatic N) is 2. The summed E-state index contributed by atoms with van der Waals surface area (Å²) in [7, 11) is -3.66. The molecular formula is C25H21N3O5S2. The molecule has 0 saturated heterocycles. The van der Waals surface area contributed by atoms with E-state index < -0.39 is 10.0 Å². The molecule has 1 aromatic heterocycles. The van der Waals surface area contributed by atoms with Crippen LogP contribution in [0.15, 0.2) is 65.6 Å². The van der Waals surface area contributed by atoms with Crippen LogP contribution in [0.2, 0.25) is 0 Å². The molecule has 1 N–H and O–H groups in total. The fraction of sp³-hybridized carbons (Fsp3) is 0.200. The van der Waals surface area contributed by atoms with E-state index in [1.165, 1.54) is 45.5 Å². The molecule has 8 nitrogen and oxygen atoms in total. The Kier molecular flexibility index (Phi) is 5.43. The van der Waals surface area contributed by atoms with Crippen molar-refractivity contribution in [3.63, 3.8) is 0 Å². The molecule has 0 aliphatic carbocycles. The summed E-state index contributed by atoms with van der Waals surface area (Å²) in [5.74, 6) is 0.942. The van der Waals surface area contributed by atoms with Crippen LogP contribution in [0.3, 0.4) is 0 Å². The number of nitrogens with one attached hydrogen (secondary N) is 1. The lowest BCUT2D eigenvalue weighted by atomic mass is 10.0. The molecule has 3 heterocycles. The maximum absolute atomic E-state index is 13.2. The third-order valence-corrected chi connectivity index (χ3v) is 8.92. The highest BCUT2D eigenvalue weighted by Gasteiger charge is 2.28. The Bertz CT molecular complexity index is 1500. The van der Waals surface area contributed by atoms with E-state index in [9.17, 15) is 13.2 Å². The van der Waals surface area contributed by atoms with E-state index in [0.717, 1.165) is 10.3 Å². The van der Waals surface area contributed by atoms with Crippen molar-refractivity contribution in [3.05, 3.63) is 77.4 Å². The predicted octanol–water partition coefficient (Wildman–Crippen LogP) is 4.07. The molecule has 0 radical (unpaired) electrons. The Labute approximate surface area is 206 Å². The Balaban J connectivity index is 1.18. The number of amides is 1. The van der Waals surface area contributed by atoms with Crippen LogP contribution in [0, 0.1) is 0 Å². The largest absolute Gasteiger partial charge is 0.486 e. The second kappa shape index (κ2) is 8.63. The van der Waals surface area contributed by atoms with Gasteiger partial charge in [-0.15, -0.1) is 0 Å². The maximum Gasteiger partial charge on any atom is 0.257 e. The van der Waals surface area contributed by atoms with Gasteiger partial charge in [-0.3, -0.25) is 10.1 Å². The van der Waals surface area contributed by atoms with E-state index in [1.807, 2.05) is 30.3 Å². The lowest BCUT2D eigenvalue weighted by molar-refractivity contribution is 0.102. The molecule has 4 aromatic rings. The molecule has 0 fully saturated rings. The number of ether oxygens (including phenoxy) is 2. The normalized spacial score (nSPS) is 15.5. The van der Waals surface area contributed by atoms with Crippen LogP contribution in [-0.2, 0) is 23.0 Å². The number of carbonyl (C=O) groups is 1. The Hall–Kier alpha value is -3.47. The molecule has 2 aliphatic rings. The summed E-state index contributed by atoms with van der Waals surface area (Å²) in [5.41, 5.74) is 3.26. The van der Waals surface area contributed by atoms with E-state index in [2.05, 4.69) is 10.3 Å². The zero-order valence-electron chi connectivity index (χ0n) is 18.6. The Morgan fingerprint density at radius 3 is 2.46 bits per heavy atom. The van der Waals surface area contributed by atoms with Crippen LogP contribution in [0.4, 0.5) is 5.13 Å². The Morgan fingerprint density at radius 1 is 0.971 bits per heavy atom. The fourth-order valence-electron chi connectivity index (χ4n) is 4.29. The number of benzene rings is 3. The van der Waals surface area contributed by atoms with Gasteiger partial charge in [0.1, 0.15) is 13.2 Å². The van der Waals surface area contributed by atoms with Gasteiger partial charge in [-0.1, -0.05) is 35.6 Å². The number of hydrogen-bond acceptors (Lipinski definition) is 7. The van der Waals surface area contributed by atoms with E-state index >= 15 is 0 Å². The van der Waals surface area contributed by atoms with Crippen LogP contribution in [0.1, 0.15) is 21.5 Å². The Morgan fingerprint density at radius 2 is 1.69 bits per heavy atom. The molecule has 35 heavy (non-hydrogen) atoms. The number of anilines is 1. The molecule has 6 rings (SSSR count). The van der Waals surface area contributed by atoms with E-state index in [4.69, 9.17) is 9.47 Å². The van der Waals surface area contributed by atoms with Gasteiger partial charge >= 0.3 is 0 Å². The predicted molar refractivity (Wildman–Crippen MR) is 133 cm³/mol. The van der Waals surface area contributed by atoms with Gasteiger partial charge < -0.3 is 9.47 Å². The molecule has 0 atom stereocenters. The number of carbonyl (C=O) groups excluding carboxylic acids is 1. The van der Waals surface area contributed by atoms with Crippen molar-refractivity contribution in [2.75, 3.05) is 25.1 Å². The van der Waals surface area contributed by atoms with Crippen molar-refractivity contribution in [2.24, 2.45) is 0 Å². The van der Waals surface area contributed by atoms with Crippen LogP contribution < -0.4 is 14.8 Å². The highest BCUT2D eigenvalue weighted by Crippen LogP contribution is 2.38. The van der Waals surface area contributed by atoms with Gasteiger partial charge in [-0.05, 0) is 41.8 Å². The molecule has 178 valence electrons. The van der Waals surface area contributed by atoms with E-state index in [-0.39, 0.29) is 10.8 Å². The van der Waals surface area contributed by atoms with Crippen molar-refractivity contribution < 1.29 is 22.7 Å². The molecule has 0 unspecified atom stereocenters. The maximum atomic E-state index is 13.2. The van der Waals surface area contributed by atoms with Crippen molar-refractivity contribution >= 4 is 42.6 Å². The minimum Gasteiger partial charge on any atom is -0.486 e. The van der Waals surface area contributed by atoms with Gasteiger partial charge in [0.25, 0.3) is 5.91 Å². The third-order valence-electron chi connectivity index (χ3n) is 6.12. The number of rotatable bonds is 4. The van der Waals surface area contributed by atoms with Gasteiger partial charge in [0, 0.05) is 30.8 Å². The summed E-state index contributed by atoms with van der Waals surface area (Å²) in [5, 5.41) is 3.24. The molecule has 0 bridgehead atoms. The quantitative estimate of drug-likeness (QED) is 0.447. The van der Waals surface area contributed by atoms with Gasteiger partial charge in [0.05, 0.1) is 15.1 Å². The second-order valence-corrected chi connectivity index (χ2v) is 11.3. The minimum atomic E-state index is -3.66. The fourth-order valence-corrected chi connectivity index (χ4v) is 6.58. The summed E-state index contributed by atoms with van der Waals surface area (Å²) in [6, 6.07) is 17.5. The van der Waals surface area contributed by atoms with E-state index in [0.29, 0.717) is 60.4 Å². The van der Waals surface area contributed by atoms with Crippen LogP contribution in [0.5, 0.6) is 11.5 Å². The number of sulfonamides is 1. The lowest BCUT2D eigenvalue weighted by Crippen LogP contribution is -2.35. The van der Waals surface area contributed by atoms with Crippen molar-refractivity contribution in [3.8, 4) is 11.5 Å². The average Bonchev–Trinajstić information content (AvgIpc) is 3.27. The first-order valence-electron chi connectivity index (χ1n) is 11.2. The first-order valence-corrected chi connectivity index (χ1v) is 13.4. The van der Waals surface area contributed by atoms with Gasteiger partial charge in [0.15, 0.2) is 16.6 Å². The summed E-state index contributed by atoms with van der Waals surface area (Å²) in [6.07, 6.45) is 0.680. The van der Waals surface area contributed by atoms with Crippen LogP contribution >= 0.6 is 11.3 Å². The molecule has 0 spiro atoms. The van der Waals surface area contributed by atoms with Gasteiger partial charge in [0.2, 0.25) is 10.0 Å². The minimum absolute atomic E-state index is 0.166. The number of aromatic nitrogens is 1. The van der Waals surface area contributed by atoms with Gasteiger partial charge in [-0.2, -0.15) is 4.31 Å². The zero-order chi connectivity index (χ0) is 24.0. The molecule has 10 heteroatoms.